The molecule has 0 aliphatic heterocycles. The van der Waals surface area contributed by atoms with E-state index in [1.54, 1.807) is 18.3 Å². The molecule has 2 aromatic rings. The molecule has 0 aliphatic carbocycles. The second-order valence-corrected chi connectivity index (χ2v) is 6.33. The quantitative estimate of drug-likeness (QED) is 0.291. The maximum atomic E-state index is 6.10. The van der Waals surface area contributed by atoms with Crippen molar-refractivity contribution in [3.8, 4) is 0 Å². The van der Waals surface area contributed by atoms with E-state index in [0.29, 0.717) is 30.6 Å². The van der Waals surface area contributed by atoms with E-state index < -0.39 is 0 Å². The SMILES string of the molecule is CC(NC(=NCCc1ncccc1Cl)NC(N)=S)OCc1ccccc1. The zero-order valence-corrected chi connectivity index (χ0v) is 16.1. The summed E-state index contributed by atoms with van der Waals surface area (Å²) in [6.45, 7) is 2.84. The average Bonchev–Trinajstić information content (AvgIpc) is 2.62. The number of rotatable bonds is 7. The second-order valence-electron chi connectivity index (χ2n) is 5.48. The zero-order chi connectivity index (χ0) is 18.8. The van der Waals surface area contributed by atoms with Gasteiger partial charge >= 0.3 is 0 Å². The molecule has 0 fully saturated rings. The maximum absolute atomic E-state index is 6.10. The van der Waals surface area contributed by atoms with E-state index in [-0.39, 0.29) is 11.3 Å². The average molecular weight is 392 g/mol. The lowest BCUT2D eigenvalue weighted by Gasteiger charge is -2.18. The first kappa shape index (κ1) is 20.1. The van der Waals surface area contributed by atoms with Crippen LogP contribution >= 0.6 is 23.8 Å². The van der Waals surface area contributed by atoms with Crippen molar-refractivity contribution in [3.63, 3.8) is 0 Å². The smallest absolute Gasteiger partial charge is 0.199 e. The molecule has 8 heteroatoms. The summed E-state index contributed by atoms with van der Waals surface area (Å²) in [5.74, 6) is 0.449. The van der Waals surface area contributed by atoms with Crippen LogP contribution in [0.5, 0.6) is 0 Å². The van der Waals surface area contributed by atoms with Crippen LogP contribution in [0.25, 0.3) is 0 Å². The van der Waals surface area contributed by atoms with Crippen LogP contribution in [0, 0.1) is 0 Å². The molecule has 0 amide bonds. The Morgan fingerprint density at radius 2 is 2.08 bits per heavy atom. The van der Waals surface area contributed by atoms with Crippen LogP contribution in [0.15, 0.2) is 53.7 Å². The Labute approximate surface area is 163 Å². The number of halogens is 1. The third-order valence-electron chi connectivity index (χ3n) is 3.38. The summed E-state index contributed by atoms with van der Waals surface area (Å²) in [5, 5.41) is 6.69. The normalized spacial score (nSPS) is 12.5. The third-order valence-corrected chi connectivity index (χ3v) is 3.82. The largest absolute Gasteiger partial charge is 0.376 e. The van der Waals surface area contributed by atoms with Gasteiger partial charge in [0.1, 0.15) is 6.23 Å². The van der Waals surface area contributed by atoms with Crippen molar-refractivity contribution in [1.29, 1.82) is 0 Å². The molecule has 0 bridgehead atoms. The number of benzene rings is 1. The highest BCUT2D eigenvalue weighted by molar-refractivity contribution is 7.80. The molecule has 26 heavy (non-hydrogen) atoms. The van der Waals surface area contributed by atoms with E-state index in [1.165, 1.54) is 0 Å². The molecule has 1 aromatic carbocycles. The number of nitrogens with two attached hydrogens (primary N) is 1. The number of ether oxygens (including phenoxy) is 1. The van der Waals surface area contributed by atoms with Crippen LogP contribution in [-0.4, -0.2) is 28.8 Å². The van der Waals surface area contributed by atoms with Gasteiger partial charge in [0.05, 0.1) is 17.3 Å². The Morgan fingerprint density at radius 3 is 2.77 bits per heavy atom. The molecule has 0 aliphatic rings. The van der Waals surface area contributed by atoms with Crippen molar-refractivity contribution < 1.29 is 4.74 Å². The molecular weight excluding hydrogens is 370 g/mol. The minimum absolute atomic E-state index is 0.127. The van der Waals surface area contributed by atoms with Gasteiger partial charge in [-0.05, 0) is 36.8 Å². The number of thiocarbonyl (C=S) groups is 1. The Balaban J connectivity index is 1.88. The number of nitrogens with zero attached hydrogens (tertiary/aromatic N) is 2. The van der Waals surface area contributed by atoms with Crippen molar-refractivity contribution in [2.45, 2.75) is 26.2 Å². The van der Waals surface area contributed by atoms with Crippen LogP contribution in [0.4, 0.5) is 0 Å². The van der Waals surface area contributed by atoms with Crippen molar-refractivity contribution in [2.75, 3.05) is 6.54 Å². The molecule has 0 saturated carbocycles. The molecule has 138 valence electrons. The zero-order valence-electron chi connectivity index (χ0n) is 14.5. The Morgan fingerprint density at radius 1 is 1.31 bits per heavy atom. The molecule has 0 radical (unpaired) electrons. The summed E-state index contributed by atoms with van der Waals surface area (Å²) in [4.78, 5) is 8.69. The highest BCUT2D eigenvalue weighted by Gasteiger charge is 2.07. The Bertz CT molecular complexity index is 741. The van der Waals surface area contributed by atoms with Gasteiger partial charge < -0.3 is 21.1 Å². The predicted octanol–water partition coefficient (Wildman–Crippen LogP) is 2.62. The standard InChI is InChI=1S/C18H22ClN5OS/c1-13(25-12-14-6-3-2-4-7-14)23-18(24-17(20)26)22-11-9-16-15(19)8-5-10-21-16/h2-8,10,13H,9,11-12H2,1H3,(H4,20,22,23,24,26). The van der Waals surface area contributed by atoms with Crippen LogP contribution in [0.1, 0.15) is 18.2 Å². The van der Waals surface area contributed by atoms with E-state index in [4.69, 9.17) is 34.3 Å². The maximum Gasteiger partial charge on any atom is 0.199 e. The first-order chi connectivity index (χ1) is 12.5. The van der Waals surface area contributed by atoms with E-state index in [9.17, 15) is 0 Å². The predicted molar refractivity (Wildman–Crippen MR) is 109 cm³/mol. The minimum atomic E-state index is -0.283. The molecule has 2 rings (SSSR count). The lowest BCUT2D eigenvalue weighted by atomic mass is 10.2. The lowest BCUT2D eigenvalue weighted by molar-refractivity contribution is 0.0431. The number of guanidine groups is 1. The third kappa shape index (κ3) is 7.35. The summed E-state index contributed by atoms with van der Waals surface area (Å²) in [6, 6.07) is 13.5. The van der Waals surface area contributed by atoms with Crippen molar-refractivity contribution in [1.82, 2.24) is 15.6 Å². The van der Waals surface area contributed by atoms with Gasteiger partial charge in [0.25, 0.3) is 0 Å². The highest BCUT2D eigenvalue weighted by Crippen LogP contribution is 2.12. The van der Waals surface area contributed by atoms with Crippen molar-refractivity contribution in [3.05, 3.63) is 64.9 Å². The molecule has 1 heterocycles. The second kappa shape index (κ2) is 10.7. The molecule has 0 spiro atoms. The number of aliphatic imine (C=N–C) groups is 1. The Kier molecular flexibility index (Phi) is 8.27. The first-order valence-electron chi connectivity index (χ1n) is 8.17. The van der Waals surface area contributed by atoms with Crippen molar-refractivity contribution in [2.24, 2.45) is 10.7 Å². The molecule has 1 aromatic heterocycles. The molecular formula is C18H22ClN5OS. The highest BCUT2D eigenvalue weighted by atomic mass is 35.5. The molecule has 0 saturated heterocycles. The van der Waals surface area contributed by atoms with Gasteiger partial charge in [-0.3, -0.25) is 9.98 Å². The summed E-state index contributed by atoms with van der Waals surface area (Å²) < 4.78 is 5.77. The molecule has 4 N–H and O–H groups in total. The number of hydrogen-bond donors (Lipinski definition) is 3. The van der Waals surface area contributed by atoms with Gasteiger partial charge in [-0.25, -0.2) is 0 Å². The van der Waals surface area contributed by atoms with Gasteiger partial charge in [0, 0.05) is 19.2 Å². The van der Waals surface area contributed by atoms with E-state index in [0.717, 1.165) is 11.3 Å². The summed E-state index contributed by atoms with van der Waals surface area (Å²) >= 11 is 11.0. The summed E-state index contributed by atoms with van der Waals surface area (Å²) in [7, 11) is 0. The fourth-order valence-electron chi connectivity index (χ4n) is 2.14. The molecule has 6 nitrogen and oxygen atoms in total. The number of hydrogen-bond acceptors (Lipinski definition) is 4. The van der Waals surface area contributed by atoms with E-state index in [2.05, 4.69) is 20.6 Å². The van der Waals surface area contributed by atoms with Gasteiger partial charge in [-0.2, -0.15) is 0 Å². The Hall–Kier alpha value is -2.22. The van der Waals surface area contributed by atoms with Crippen LogP contribution in [0.2, 0.25) is 5.02 Å². The molecule has 1 atom stereocenters. The van der Waals surface area contributed by atoms with Crippen LogP contribution < -0.4 is 16.4 Å². The van der Waals surface area contributed by atoms with Gasteiger partial charge in [-0.1, -0.05) is 41.9 Å². The fraction of sp³-hybridized carbons (Fsp3) is 0.278. The fourth-order valence-corrected chi connectivity index (χ4v) is 2.46. The number of aromatic nitrogens is 1. The number of nitrogens with one attached hydrogen (secondary N) is 2. The van der Waals surface area contributed by atoms with Gasteiger partial charge in [0.15, 0.2) is 11.1 Å². The van der Waals surface area contributed by atoms with Crippen LogP contribution in [0.3, 0.4) is 0 Å². The molecule has 1 unspecified atom stereocenters. The number of pyridine rings is 1. The van der Waals surface area contributed by atoms with E-state index >= 15 is 0 Å². The topological polar surface area (TPSA) is 84.6 Å². The monoisotopic (exact) mass is 391 g/mol. The summed E-state index contributed by atoms with van der Waals surface area (Å²) in [5.41, 5.74) is 7.45. The van der Waals surface area contributed by atoms with Crippen molar-refractivity contribution >= 4 is 34.9 Å². The lowest BCUT2D eigenvalue weighted by Crippen LogP contribution is -2.47. The minimum Gasteiger partial charge on any atom is -0.376 e. The van der Waals surface area contributed by atoms with Crippen LogP contribution in [-0.2, 0) is 17.8 Å². The van der Waals surface area contributed by atoms with E-state index in [1.807, 2.05) is 37.3 Å². The summed E-state index contributed by atoms with van der Waals surface area (Å²) in [6.07, 6.45) is 2.02. The van der Waals surface area contributed by atoms with Gasteiger partial charge in [-0.15, -0.1) is 0 Å². The van der Waals surface area contributed by atoms with Gasteiger partial charge in [0.2, 0.25) is 0 Å². The first-order valence-corrected chi connectivity index (χ1v) is 8.95.